The summed E-state index contributed by atoms with van der Waals surface area (Å²) < 4.78 is 10.8. The Kier molecular flexibility index (Phi) is 7.05. The molecule has 6 heteroatoms. The van der Waals surface area contributed by atoms with Crippen LogP contribution in [-0.4, -0.2) is 31.2 Å². The van der Waals surface area contributed by atoms with Crippen LogP contribution in [0.15, 0.2) is 66.9 Å². The summed E-state index contributed by atoms with van der Waals surface area (Å²) in [5.41, 5.74) is 2.54. The smallest absolute Gasteiger partial charge is 0.255 e. The van der Waals surface area contributed by atoms with Crippen LogP contribution in [0.5, 0.6) is 11.5 Å². The summed E-state index contributed by atoms with van der Waals surface area (Å²) >= 11 is 0. The van der Waals surface area contributed by atoms with Gasteiger partial charge in [-0.05, 0) is 60.5 Å². The molecular formula is C23H25N3O3. The van der Waals surface area contributed by atoms with E-state index in [1.165, 1.54) is 5.56 Å². The first-order chi connectivity index (χ1) is 14.2. The van der Waals surface area contributed by atoms with Gasteiger partial charge in [0.25, 0.3) is 5.91 Å². The normalized spacial score (nSPS) is 10.3. The number of aromatic nitrogens is 1. The number of carbonyl (C=O) groups excluding carboxylic acids is 1. The van der Waals surface area contributed by atoms with Gasteiger partial charge in [-0.3, -0.25) is 4.79 Å². The fraction of sp³-hybridized carbons (Fsp3) is 0.217. The van der Waals surface area contributed by atoms with Crippen molar-refractivity contribution >= 4 is 17.4 Å². The van der Waals surface area contributed by atoms with Crippen LogP contribution >= 0.6 is 0 Å². The highest BCUT2D eigenvalue weighted by Crippen LogP contribution is 2.17. The summed E-state index contributed by atoms with van der Waals surface area (Å²) in [6.45, 7) is 3.12. The molecule has 0 aliphatic heterocycles. The molecule has 2 aromatic carbocycles. The Balaban J connectivity index is 1.49. The number of benzene rings is 2. The summed E-state index contributed by atoms with van der Waals surface area (Å²) in [5.74, 6) is 2.00. The van der Waals surface area contributed by atoms with Gasteiger partial charge >= 0.3 is 0 Å². The quantitative estimate of drug-likeness (QED) is 0.529. The summed E-state index contributed by atoms with van der Waals surface area (Å²) in [6, 6.07) is 18.7. The Bertz CT molecular complexity index is 925. The average Bonchev–Trinajstić information content (AvgIpc) is 2.78. The van der Waals surface area contributed by atoms with E-state index in [4.69, 9.17) is 9.47 Å². The van der Waals surface area contributed by atoms with Crippen molar-refractivity contribution in [2.45, 2.75) is 13.3 Å². The SMILES string of the molecule is CCc1ccc(NC(=O)c2ccnc(NCCOc3ccc(OC)cc3)c2)cc1. The minimum atomic E-state index is -0.172. The first kappa shape index (κ1) is 20.2. The van der Waals surface area contributed by atoms with Crippen LogP contribution in [0.3, 0.4) is 0 Å². The number of methoxy groups -OCH3 is 1. The summed E-state index contributed by atoms with van der Waals surface area (Å²) in [7, 11) is 1.63. The molecule has 1 amide bonds. The van der Waals surface area contributed by atoms with Gasteiger partial charge in [-0.15, -0.1) is 0 Å². The van der Waals surface area contributed by atoms with E-state index in [0.29, 0.717) is 24.5 Å². The minimum Gasteiger partial charge on any atom is -0.497 e. The molecular weight excluding hydrogens is 366 g/mol. The van der Waals surface area contributed by atoms with Crippen molar-refractivity contribution in [2.75, 3.05) is 30.9 Å². The number of anilines is 2. The summed E-state index contributed by atoms with van der Waals surface area (Å²) in [6.07, 6.45) is 2.58. The lowest BCUT2D eigenvalue weighted by molar-refractivity contribution is 0.102. The zero-order chi connectivity index (χ0) is 20.5. The van der Waals surface area contributed by atoms with E-state index in [-0.39, 0.29) is 5.91 Å². The molecule has 0 fully saturated rings. The lowest BCUT2D eigenvalue weighted by Gasteiger charge is -2.10. The molecule has 2 N–H and O–H groups in total. The Morgan fingerprint density at radius 3 is 2.41 bits per heavy atom. The van der Waals surface area contributed by atoms with Crippen molar-refractivity contribution in [3.8, 4) is 11.5 Å². The monoisotopic (exact) mass is 391 g/mol. The van der Waals surface area contributed by atoms with Crippen LogP contribution in [0.4, 0.5) is 11.5 Å². The second-order valence-electron chi connectivity index (χ2n) is 6.39. The number of nitrogens with zero attached hydrogens (tertiary/aromatic N) is 1. The van der Waals surface area contributed by atoms with Gasteiger partial charge in [0.05, 0.1) is 13.7 Å². The first-order valence-electron chi connectivity index (χ1n) is 9.55. The highest BCUT2D eigenvalue weighted by atomic mass is 16.5. The zero-order valence-corrected chi connectivity index (χ0v) is 16.6. The topological polar surface area (TPSA) is 72.5 Å². The van der Waals surface area contributed by atoms with Crippen LogP contribution in [-0.2, 0) is 6.42 Å². The largest absolute Gasteiger partial charge is 0.497 e. The van der Waals surface area contributed by atoms with Crippen LogP contribution in [0, 0.1) is 0 Å². The van der Waals surface area contributed by atoms with E-state index in [2.05, 4.69) is 22.5 Å². The highest BCUT2D eigenvalue weighted by Gasteiger charge is 2.07. The Morgan fingerprint density at radius 1 is 1.00 bits per heavy atom. The van der Waals surface area contributed by atoms with Crippen LogP contribution in [0.1, 0.15) is 22.8 Å². The van der Waals surface area contributed by atoms with Gasteiger partial charge in [-0.2, -0.15) is 0 Å². The van der Waals surface area contributed by atoms with Crippen LogP contribution in [0.2, 0.25) is 0 Å². The lowest BCUT2D eigenvalue weighted by Crippen LogP contribution is -2.15. The molecule has 0 spiro atoms. The second-order valence-corrected chi connectivity index (χ2v) is 6.39. The number of hydrogen-bond acceptors (Lipinski definition) is 5. The van der Waals surface area contributed by atoms with E-state index in [0.717, 1.165) is 23.6 Å². The van der Waals surface area contributed by atoms with Crippen molar-refractivity contribution in [2.24, 2.45) is 0 Å². The Hall–Kier alpha value is -3.54. The summed E-state index contributed by atoms with van der Waals surface area (Å²) in [4.78, 5) is 16.7. The van der Waals surface area contributed by atoms with Crippen LogP contribution < -0.4 is 20.1 Å². The molecule has 6 nitrogen and oxygen atoms in total. The number of carbonyl (C=O) groups is 1. The van der Waals surface area contributed by atoms with Gasteiger partial charge in [0.1, 0.15) is 23.9 Å². The molecule has 0 atom stereocenters. The highest BCUT2D eigenvalue weighted by molar-refractivity contribution is 6.04. The van der Waals surface area contributed by atoms with E-state index >= 15 is 0 Å². The zero-order valence-electron chi connectivity index (χ0n) is 16.6. The molecule has 0 bridgehead atoms. The predicted octanol–water partition coefficient (Wildman–Crippen LogP) is 4.40. The van der Waals surface area contributed by atoms with Gasteiger partial charge in [0.15, 0.2) is 0 Å². The van der Waals surface area contributed by atoms with Gasteiger partial charge in [0, 0.05) is 17.4 Å². The molecule has 0 radical (unpaired) electrons. The van der Waals surface area contributed by atoms with Crippen molar-refractivity contribution in [3.63, 3.8) is 0 Å². The molecule has 150 valence electrons. The predicted molar refractivity (Wildman–Crippen MR) is 115 cm³/mol. The molecule has 1 heterocycles. The van der Waals surface area contributed by atoms with E-state index < -0.39 is 0 Å². The van der Waals surface area contributed by atoms with Crippen LogP contribution in [0.25, 0.3) is 0 Å². The first-order valence-corrected chi connectivity index (χ1v) is 9.55. The maximum atomic E-state index is 12.5. The fourth-order valence-electron chi connectivity index (χ4n) is 2.72. The molecule has 0 unspecified atom stereocenters. The molecule has 1 aromatic heterocycles. The number of pyridine rings is 1. The summed E-state index contributed by atoms with van der Waals surface area (Å²) in [5, 5.41) is 6.08. The van der Waals surface area contributed by atoms with E-state index in [1.807, 2.05) is 48.5 Å². The third kappa shape index (κ3) is 5.97. The molecule has 0 saturated carbocycles. The van der Waals surface area contributed by atoms with Crippen molar-refractivity contribution in [1.82, 2.24) is 4.98 Å². The molecule has 0 aliphatic rings. The third-order valence-electron chi connectivity index (χ3n) is 4.38. The Morgan fingerprint density at radius 2 is 1.72 bits per heavy atom. The standard InChI is InChI=1S/C23H25N3O3/c1-3-17-4-6-19(7-5-17)26-23(27)18-12-13-24-22(16-18)25-14-15-29-21-10-8-20(28-2)9-11-21/h4-13,16H,3,14-15H2,1-2H3,(H,24,25)(H,26,27). The maximum Gasteiger partial charge on any atom is 0.255 e. The van der Waals surface area contributed by atoms with E-state index in [9.17, 15) is 4.79 Å². The van der Waals surface area contributed by atoms with Crippen molar-refractivity contribution in [3.05, 3.63) is 78.0 Å². The van der Waals surface area contributed by atoms with Gasteiger partial charge < -0.3 is 20.1 Å². The molecule has 29 heavy (non-hydrogen) atoms. The number of aryl methyl sites for hydroxylation is 1. The number of nitrogens with one attached hydrogen (secondary N) is 2. The number of rotatable bonds is 9. The molecule has 3 rings (SSSR count). The minimum absolute atomic E-state index is 0.172. The van der Waals surface area contributed by atoms with Gasteiger partial charge in [0.2, 0.25) is 0 Å². The second kappa shape index (κ2) is 10.1. The van der Waals surface area contributed by atoms with Gasteiger partial charge in [-0.25, -0.2) is 4.98 Å². The Labute approximate surface area is 170 Å². The third-order valence-corrected chi connectivity index (χ3v) is 4.38. The van der Waals surface area contributed by atoms with Crippen molar-refractivity contribution < 1.29 is 14.3 Å². The van der Waals surface area contributed by atoms with Gasteiger partial charge in [-0.1, -0.05) is 19.1 Å². The maximum absolute atomic E-state index is 12.5. The van der Waals surface area contributed by atoms with E-state index in [1.54, 1.807) is 25.4 Å². The lowest BCUT2D eigenvalue weighted by atomic mass is 10.1. The molecule has 0 aliphatic carbocycles. The fourth-order valence-corrected chi connectivity index (χ4v) is 2.72. The average molecular weight is 391 g/mol. The number of amides is 1. The number of ether oxygens (including phenoxy) is 2. The number of hydrogen-bond donors (Lipinski definition) is 2. The molecule has 0 saturated heterocycles. The van der Waals surface area contributed by atoms with Crippen molar-refractivity contribution in [1.29, 1.82) is 0 Å². The molecule has 3 aromatic rings.